The first-order valence-electron chi connectivity index (χ1n) is 15.6. The van der Waals surface area contributed by atoms with Gasteiger partial charge in [0.05, 0.1) is 18.2 Å². The number of hydrogen-bond donors (Lipinski definition) is 4. The Morgan fingerprint density at radius 3 is 2.54 bits per heavy atom. The van der Waals surface area contributed by atoms with Crippen molar-refractivity contribution < 1.29 is 14.7 Å². The van der Waals surface area contributed by atoms with Crippen molar-refractivity contribution in [3.63, 3.8) is 0 Å². The van der Waals surface area contributed by atoms with E-state index in [1.807, 2.05) is 69.3 Å². The van der Waals surface area contributed by atoms with Crippen LogP contribution in [0.3, 0.4) is 0 Å². The molecule has 1 aliphatic carbocycles. The van der Waals surface area contributed by atoms with Crippen LogP contribution in [0.1, 0.15) is 80.8 Å². The first-order chi connectivity index (χ1) is 19.7. The Labute approximate surface area is 245 Å². The Kier molecular flexibility index (Phi) is 9.35. The average Bonchev–Trinajstić information content (AvgIpc) is 2.95. The van der Waals surface area contributed by atoms with Gasteiger partial charge in [-0.25, -0.2) is 0 Å². The Morgan fingerprint density at radius 2 is 1.78 bits per heavy atom. The van der Waals surface area contributed by atoms with Crippen molar-refractivity contribution in [3.8, 4) is 0 Å². The predicted molar refractivity (Wildman–Crippen MR) is 164 cm³/mol. The van der Waals surface area contributed by atoms with Crippen molar-refractivity contribution in [1.29, 1.82) is 0 Å². The lowest BCUT2D eigenvalue weighted by atomic mass is 9.72. The van der Waals surface area contributed by atoms with Crippen LogP contribution in [0.15, 0.2) is 48.5 Å². The summed E-state index contributed by atoms with van der Waals surface area (Å²) in [6.45, 7) is 8.11. The van der Waals surface area contributed by atoms with E-state index in [0.29, 0.717) is 30.4 Å². The number of aliphatic hydroxyl groups is 1. The largest absolute Gasteiger partial charge is 0.390 e. The lowest BCUT2D eigenvalue weighted by Crippen LogP contribution is -2.60. The topological polar surface area (TPSA) is 93.7 Å². The molecule has 0 aromatic heterocycles. The van der Waals surface area contributed by atoms with Crippen molar-refractivity contribution in [2.45, 2.75) is 95.9 Å². The van der Waals surface area contributed by atoms with Crippen LogP contribution in [0.4, 0.5) is 5.69 Å². The van der Waals surface area contributed by atoms with Crippen LogP contribution in [0.25, 0.3) is 0 Å². The Morgan fingerprint density at radius 1 is 1.02 bits per heavy atom. The number of amides is 2. The van der Waals surface area contributed by atoms with Gasteiger partial charge in [-0.15, -0.1) is 0 Å². The highest BCUT2D eigenvalue weighted by Crippen LogP contribution is 2.39. The summed E-state index contributed by atoms with van der Waals surface area (Å²) in [5.74, 6) is 1.00. The summed E-state index contributed by atoms with van der Waals surface area (Å²) in [6.07, 6.45) is 7.20. The molecule has 2 heterocycles. The fourth-order valence-corrected chi connectivity index (χ4v) is 7.11. The summed E-state index contributed by atoms with van der Waals surface area (Å²) in [5, 5.41) is 21.6. The first-order valence-corrected chi connectivity index (χ1v) is 15.6. The van der Waals surface area contributed by atoms with Crippen LogP contribution >= 0.6 is 0 Å². The van der Waals surface area contributed by atoms with E-state index >= 15 is 0 Å². The molecule has 3 aliphatic rings. The molecule has 2 aromatic rings. The number of rotatable bonds is 8. The zero-order chi connectivity index (χ0) is 29.0. The van der Waals surface area contributed by atoms with Gasteiger partial charge in [0.25, 0.3) is 5.91 Å². The molecule has 2 fully saturated rings. The van der Waals surface area contributed by atoms with E-state index in [2.05, 4.69) is 20.9 Å². The number of carbonyl (C=O) groups excluding carboxylic acids is 2. The molecule has 0 spiro atoms. The number of carbonyl (C=O) groups is 2. The normalized spacial score (nSPS) is 24.2. The highest BCUT2D eigenvalue weighted by atomic mass is 16.3. The molecule has 2 aliphatic heterocycles. The monoisotopic (exact) mass is 560 g/mol. The number of piperidine rings is 1. The van der Waals surface area contributed by atoms with Crippen LogP contribution in [0, 0.1) is 11.8 Å². The Hall–Kier alpha value is -2.90. The molecule has 7 nitrogen and oxygen atoms in total. The minimum Gasteiger partial charge on any atom is -0.390 e. The highest BCUT2D eigenvalue weighted by Gasteiger charge is 2.41. The molecule has 2 amide bonds. The van der Waals surface area contributed by atoms with Crippen LogP contribution in [-0.2, 0) is 17.6 Å². The van der Waals surface area contributed by atoms with Gasteiger partial charge in [-0.1, -0.05) is 55.7 Å². The van der Waals surface area contributed by atoms with Crippen molar-refractivity contribution in [1.82, 2.24) is 15.5 Å². The van der Waals surface area contributed by atoms with Gasteiger partial charge in [0.1, 0.15) is 0 Å². The molecule has 2 aromatic carbocycles. The fraction of sp³-hybridized carbons (Fsp3) is 0.588. The maximum absolute atomic E-state index is 13.7. The third kappa shape index (κ3) is 7.49. The van der Waals surface area contributed by atoms with E-state index in [-0.39, 0.29) is 23.4 Å². The van der Waals surface area contributed by atoms with E-state index < -0.39 is 12.1 Å². The molecular formula is C34H48N4O3. The second-order valence-electron chi connectivity index (χ2n) is 13.4. The number of nitrogens with zero attached hydrogens (tertiary/aromatic N) is 1. The molecule has 0 bridgehead atoms. The van der Waals surface area contributed by atoms with Gasteiger partial charge in [0.2, 0.25) is 5.91 Å². The maximum atomic E-state index is 13.7. The van der Waals surface area contributed by atoms with E-state index in [4.69, 9.17) is 0 Å². The molecule has 1 saturated carbocycles. The number of nitrogens with one attached hydrogen (secondary N) is 3. The van der Waals surface area contributed by atoms with E-state index in [0.717, 1.165) is 49.2 Å². The van der Waals surface area contributed by atoms with Crippen molar-refractivity contribution in [2.24, 2.45) is 11.8 Å². The minimum absolute atomic E-state index is 0.0424. The maximum Gasteiger partial charge on any atom is 0.251 e. The summed E-state index contributed by atoms with van der Waals surface area (Å²) in [6, 6.07) is 15.1. The summed E-state index contributed by atoms with van der Waals surface area (Å²) in [5.41, 5.74) is 3.47. The van der Waals surface area contributed by atoms with E-state index in [1.165, 1.54) is 25.7 Å². The molecule has 4 N–H and O–H groups in total. The number of benzene rings is 2. The summed E-state index contributed by atoms with van der Waals surface area (Å²) in [7, 11) is 0. The molecule has 7 heteroatoms. The zero-order valence-electron chi connectivity index (χ0n) is 25.0. The van der Waals surface area contributed by atoms with Gasteiger partial charge in [0, 0.05) is 36.4 Å². The van der Waals surface area contributed by atoms with E-state index in [1.54, 1.807) is 0 Å². The van der Waals surface area contributed by atoms with Crippen molar-refractivity contribution in [3.05, 3.63) is 65.2 Å². The summed E-state index contributed by atoms with van der Waals surface area (Å²) >= 11 is 0. The summed E-state index contributed by atoms with van der Waals surface area (Å²) < 4.78 is 0. The lowest BCUT2D eigenvalue weighted by Gasteiger charge is -2.47. The van der Waals surface area contributed by atoms with Gasteiger partial charge in [-0.2, -0.15) is 0 Å². The first kappa shape index (κ1) is 29.6. The van der Waals surface area contributed by atoms with Gasteiger partial charge < -0.3 is 21.1 Å². The van der Waals surface area contributed by atoms with Crippen LogP contribution in [0.2, 0.25) is 0 Å². The van der Waals surface area contributed by atoms with Crippen molar-refractivity contribution >= 4 is 17.5 Å². The third-order valence-electron chi connectivity index (χ3n) is 9.14. The summed E-state index contributed by atoms with van der Waals surface area (Å²) in [4.78, 5) is 29.4. The van der Waals surface area contributed by atoms with Crippen molar-refractivity contribution in [2.75, 3.05) is 25.0 Å². The fourth-order valence-electron chi connectivity index (χ4n) is 7.11. The second kappa shape index (κ2) is 13.0. The molecule has 5 atom stereocenters. The number of aliphatic hydroxyl groups excluding tert-OH is 1. The standard InChI is InChI=1S/C34H48N4O3/c1-34(2,3)37-33(41)30-20-24-13-7-8-14-25(24)21-38(30)22-31(39)29(19-23-11-5-4-6-12-23)36-32(40)27-15-9-17-28-26(27)16-10-18-35-28/h4-6,9,11-12,15,17,24-25,29-31,35,39H,7-8,10,13-14,16,18-22H2,1-3H3,(H,36,40)(H,37,41)/t24-,25+,29-,30-,31-/m0/s1. The number of hydrogen-bond acceptors (Lipinski definition) is 5. The lowest BCUT2D eigenvalue weighted by molar-refractivity contribution is -0.132. The highest BCUT2D eigenvalue weighted by molar-refractivity contribution is 5.97. The van der Waals surface area contributed by atoms with E-state index in [9.17, 15) is 14.7 Å². The zero-order valence-corrected chi connectivity index (χ0v) is 25.0. The predicted octanol–water partition coefficient (Wildman–Crippen LogP) is 4.54. The molecule has 222 valence electrons. The smallest absolute Gasteiger partial charge is 0.251 e. The van der Waals surface area contributed by atoms with Gasteiger partial charge in [-0.05, 0) is 88.0 Å². The van der Waals surface area contributed by atoms with Crippen LogP contribution in [-0.4, -0.2) is 65.2 Å². The second-order valence-corrected chi connectivity index (χ2v) is 13.4. The molecule has 0 radical (unpaired) electrons. The number of β-amino-alcohol motifs (C(OH)–C–C–N with tert-alkyl or cyclic N) is 1. The molecule has 1 saturated heterocycles. The number of anilines is 1. The molecular weight excluding hydrogens is 512 g/mol. The van der Waals surface area contributed by atoms with Gasteiger partial charge in [0.15, 0.2) is 0 Å². The Bertz CT molecular complexity index is 1190. The minimum atomic E-state index is -0.832. The quantitative estimate of drug-likeness (QED) is 0.380. The van der Waals surface area contributed by atoms with Crippen LogP contribution < -0.4 is 16.0 Å². The van der Waals surface area contributed by atoms with Crippen LogP contribution in [0.5, 0.6) is 0 Å². The Balaban J connectivity index is 1.37. The molecule has 5 rings (SSSR count). The van der Waals surface area contributed by atoms with Gasteiger partial charge in [-0.3, -0.25) is 14.5 Å². The molecule has 0 unspecified atom stereocenters. The average molecular weight is 561 g/mol. The SMILES string of the molecule is CC(C)(C)NC(=O)[C@@H]1C[C@@H]2CCCC[C@@H]2CN1C[C@H](O)[C@H](Cc1ccccc1)NC(=O)c1cccc2c1CCCN2. The number of likely N-dealkylation sites (tertiary alicyclic amines) is 1. The third-order valence-corrected chi connectivity index (χ3v) is 9.14. The number of fused-ring (bicyclic) bond motifs is 2. The van der Waals surface area contributed by atoms with Gasteiger partial charge >= 0.3 is 0 Å². The molecule has 41 heavy (non-hydrogen) atoms.